The van der Waals surface area contributed by atoms with Crippen LogP contribution in [-0.4, -0.2) is 46.8 Å². The van der Waals surface area contributed by atoms with Gasteiger partial charge in [0, 0.05) is 12.2 Å². The van der Waals surface area contributed by atoms with Gasteiger partial charge in [-0.25, -0.2) is 9.18 Å². The van der Waals surface area contributed by atoms with Gasteiger partial charge in [-0.1, -0.05) is 30.2 Å². The van der Waals surface area contributed by atoms with Crippen molar-refractivity contribution < 1.29 is 32.3 Å². The minimum atomic E-state index is -5.08. The fraction of sp³-hybridized carbons (Fsp3) is 0.500. The molecule has 0 aliphatic carbocycles. The number of rotatable bonds is 4. The average molecular weight is 399 g/mol. The zero-order valence-electron chi connectivity index (χ0n) is 13.7. The Morgan fingerprint density at radius 3 is 2.31 bits per heavy atom. The number of alkyl halides is 5. The first kappa shape index (κ1) is 22.2. The number of likely N-dealkylation sites (tertiary alicyclic amines) is 1. The first-order valence-electron chi connectivity index (χ1n) is 7.80. The van der Waals surface area contributed by atoms with Crippen LogP contribution in [0.25, 0.3) is 0 Å². The minimum absolute atomic E-state index is 0.586. The van der Waals surface area contributed by atoms with Crippen LogP contribution in [-0.2, 0) is 16.1 Å². The maximum atomic E-state index is 12.6. The Balaban J connectivity index is 0.000000412. The third-order valence-corrected chi connectivity index (χ3v) is 3.69. The maximum Gasteiger partial charge on any atom is 0.490 e. The molecule has 1 atom stereocenters. The second kappa shape index (κ2) is 10.3. The van der Waals surface area contributed by atoms with Gasteiger partial charge in [-0.2, -0.15) is 13.2 Å². The van der Waals surface area contributed by atoms with Gasteiger partial charge in [0.25, 0.3) is 11.5 Å². The summed E-state index contributed by atoms with van der Waals surface area (Å²) >= 11 is 5.09. The number of piperidine rings is 1. The number of carbonyl (C=O) groups excluding carboxylic acids is 1. The Hall–Kier alpha value is -1.87. The Bertz CT molecular complexity index is 605. The van der Waals surface area contributed by atoms with Crippen LogP contribution in [0.3, 0.4) is 0 Å². The van der Waals surface area contributed by atoms with Crippen molar-refractivity contribution >= 4 is 29.2 Å². The fourth-order valence-corrected chi connectivity index (χ4v) is 2.37. The number of carboxylic acid groups (broad SMARTS) is 1. The van der Waals surface area contributed by atoms with E-state index in [9.17, 15) is 22.4 Å². The molecule has 0 radical (unpaired) electrons. The van der Waals surface area contributed by atoms with E-state index in [0.29, 0.717) is 5.69 Å². The molecule has 1 heterocycles. The van der Waals surface area contributed by atoms with Gasteiger partial charge in [-0.05, 0) is 43.6 Å². The molecule has 0 bridgehead atoms. The molecule has 10 heteroatoms. The lowest BCUT2D eigenvalue weighted by Gasteiger charge is -2.26. The van der Waals surface area contributed by atoms with Crippen molar-refractivity contribution in [3.8, 4) is 0 Å². The predicted molar refractivity (Wildman–Crippen MR) is 88.6 cm³/mol. The van der Waals surface area contributed by atoms with Crippen molar-refractivity contribution in [3.63, 3.8) is 0 Å². The van der Waals surface area contributed by atoms with Gasteiger partial charge in [0.1, 0.15) is 0 Å². The number of anilines is 1. The van der Waals surface area contributed by atoms with Crippen LogP contribution in [0.2, 0.25) is 0 Å². The highest BCUT2D eigenvalue weighted by atomic mass is 35.5. The van der Waals surface area contributed by atoms with Gasteiger partial charge in [0.05, 0.1) is 0 Å². The highest BCUT2D eigenvalue weighted by Crippen LogP contribution is 2.17. The van der Waals surface area contributed by atoms with Crippen molar-refractivity contribution in [2.75, 3.05) is 18.4 Å². The van der Waals surface area contributed by atoms with E-state index in [1.54, 1.807) is 6.07 Å². The number of carboxylic acids is 1. The molecule has 1 fully saturated rings. The number of carbonyl (C=O) groups is 2. The summed E-state index contributed by atoms with van der Waals surface area (Å²) < 4.78 is 44.3. The monoisotopic (exact) mass is 398 g/mol. The number of nitrogens with one attached hydrogen (secondary N) is 1. The molecule has 0 aromatic heterocycles. The molecule has 0 spiro atoms. The summed E-state index contributed by atoms with van der Waals surface area (Å²) in [5.74, 6) is -3.58. The quantitative estimate of drug-likeness (QED) is 0.598. The van der Waals surface area contributed by atoms with E-state index in [2.05, 4.69) is 10.2 Å². The Morgan fingerprint density at radius 2 is 1.81 bits per heavy atom. The van der Waals surface area contributed by atoms with E-state index in [0.717, 1.165) is 25.2 Å². The summed E-state index contributed by atoms with van der Waals surface area (Å²) in [6, 6.07) is 7.47. The van der Waals surface area contributed by atoms with Gasteiger partial charge in [0.15, 0.2) is 0 Å². The molecule has 146 valence electrons. The van der Waals surface area contributed by atoms with Gasteiger partial charge in [0.2, 0.25) is 0 Å². The van der Waals surface area contributed by atoms with Gasteiger partial charge in [-0.3, -0.25) is 9.69 Å². The summed E-state index contributed by atoms with van der Waals surface area (Å²) in [6.45, 7) is 3.10. The van der Waals surface area contributed by atoms with Crippen molar-refractivity contribution in [2.45, 2.75) is 37.6 Å². The molecule has 0 saturated carbocycles. The van der Waals surface area contributed by atoms with Crippen LogP contribution in [0.1, 0.15) is 24.8 Å². The topological polar surface area (TPSA) is 69.6 Å². The van der Waals surface area contributed by atoms with E-state index in [-0.39, 0.29) is 0 Å². The van der Waals surface area contributed by atoms with E-state index >= 15 is 0 Å². The summed E-state index contributed by atoms with van der Waals surface area (Å²) in [5, 5.41) is 9.58. The van der Waals surface area contributed by atoms with Crippen LogP contribution in [0.5, 0.6) is 0 Å². The van der Waals surface area contributed by atoms with Crippen LogP contribution < -0.4 is 5.32 Å². The first-order chi connectivity index (χ1) is 12.1. The first-order valence-corrected chi connectivity index (χ1v) is 8.23. The molecule has 2 rings (SSSR count). The number of nitrogens with zero attached hydrogens (tertiary/aromatic N) is 1. The standard InChI is InChI=1S/C14H18ClFN2O.C2HF3O2/c15-13(16)14(19)17-12-6-4-5-11(9-12)10-18-7-2-1-3-8-18;3-2(4,5)1(6)7/h4-6,9,13H,1-3,7-8,10H2,(H,17,19);(H,6,7). The van der Waals surface area contributed by atoms with Crippen LogP contribution >= 0.6 is 11.6 Å². The Morgan fingerprint density at radius 1 is 1.23 bits per heavy atom. The zero-order chi connectivity index (χ0) is 19.7. The SMILES string of the molecule is O=C(Nc1cccc(CN2CCCCC2)c1)C(F)Cl.O=C(O)C(F)(F)F. The lowest BCUT2D eigenvalue weighted by molar-refractivity contribution is -0.192. The Labute approximate surface area is 152 Å². The molecule has 1 aliphatic heterocycles. The lowest BCUT2D eigenvalue weighted by atomic mass is 10.1. The molecular formula is C16H19ClF4N2O3. The Kier molecular flexibility index (Phi) is 8.80. The molecule has 1 aliphatic rings. The molecule has 1 aromatic carbocycles. The van der Waals surface area contributed by atoms with Gasteiger partial charge >= 0.3 is 12.1 Å². The predicted octanol–water partition coefficient (Wildman–Crippen LogP) is 3.78. The second-order valence-corrected chi connectivity index (χ2v) is 6.01. The third-order valence-electron chi connectivity index (χ3n) is 3.49. The number of benzene rings is 1. The smallest absolute Gasteiger partial charge is 0.475 e. The van der Waals surface area contributed by atoms with Crippen LogP contribution in [0.4, 0.5) is 23.2 Å². The van der Waals surface area contributed by atoms with Crippen molar-refractivity contribution in [2.24, 2.45) is 0 Å². The van der Waals surface area contributed by atoms with E-state index in [4.69, 9.17) is 21.5 Å². The lowest BCUT2D eigenvalue weighted by Crippen LogP contribution is -2.29. The van der Waals surface area contributed by atoms with E-state index < -0.39 is 23.7 Å². The van der Waals surface area contributed by atoms with Crippen molar-refractivity contribution in [1.82, 2.24) is 4.90 Å². The zero-order valence-corrected chi connectivity index (χ0v) is 14.5. The maximum absolute atomic E-state index is 12.6. The fourth-order valence-electron chi connectivity index (χ4n) is 2.32. The third kappa shape index (κ3) is 8.48. The van der Waals surface area contributed by atoms with E-state index in [1.165, 1.54) is 19.3 Å². The minimum Gasteiger partial charge on any atom is -0.475 e. The number of halogens is 5. The molecule has 26 heavy (non-hydrogen) atoms. The number of hydrogen-bond acceptors (Lipinski definition) is 3. The van der Waals surface area contributed by atoms with E-state index in [1.807, 2.05) is 18.2 Å². The number of aliphatic carboxylic acids is 1. The molecular weight excluding hydrogens is 380 g/mol. The summed E-state index contributed by atoms with van der Waals surface area (Å²) in [7, 11) is 0. The average Bonchev–Trinajstić information content (AvgIpc) is 2.55. The molecule has 1 unspecified atom stereocenters. The molecule has 5 nitrogen and oxygen atoms in total. The number of hydrogen-bond donors (Lipinski definition) is 2. The summed E-state index contributed by atoms with van der Waals surface area (Å²) in [5.41, 5.74) is -0.307. The highest BCUT2D eigenvalue weighted by molar-refractivity contribution is 6.31. The number of amides is 1. The normalized spacial score (nSPS) is 16.2. The van der Waals surface area contributed by atoms with Gasteiger partial charge < -0.3 is 10.4 Å². The largest absolute Gasteiger partial charge is 0.490 e. The van der Waals surface area contributed by atoms with Crippen LogP contribution in [0.15, 0.2) is 24.3 Å². The molecule has 2 N–H and O–H groups in total. The molecule has 1 aromatic rings. The highest BCUT2D eigenvalue weighted by Gasteiger charge is 2.38. The van der Waals surface area contributed by atoms with Crippen LogP contribution in [0, 0.1) is 0 Å². The van der Waals surface area contributed by atoms with Crippen molar-refractivity contribution in [1.29, 1.82) is 0 Å². The van der Waals surface area contributed by atoms with Gasteiger partial charge in [-0.15, -0.1) is 0 Å². The summed E-state index contributed by atoms with van der Waals surface area (Å²) in [6.07, 6.45) is -1.29. The molecule has 1 amide bonds. The second-order valence-electron chi connectivity index (χ2n) is 5.63. The molecule has 1 saturated heterocycles. The van der Waals surface area contributed by atoms with Crippen molar-refractivity contribution in [3.05, 3.63) is 29.8 Å². The summed E-state index contributed by atoms with van der Waals surface area (Å²) in [4.78, 5) is 22.5.